The van der Waals surface area contributed by atoms with E-state index in [1.165, 1.54) is 0 Å². The van der Waals surface area contributed by atoms with E-state index in [2.05, 4.69) is 30.8 Å². The molecule has 2 aromatic carbocycles. The summed E-state index contributed by atoms with van der Waals surface area (Å²) in [6.45, 7) is 0. The second-order valence-electron chi connectivity index (χ2n) is 5.72. The van der Waals surface area contributed by atoms with Crippen LogP contribution in [0.5, 0.6) is 11.5 Å². The lowest BCUT2D eigenvalue weighted by atomic mass is 10.2. The highest BCUT2D eigenvalue weighted by Gasteiger charge is 2.07. The molecule has 0 spiro atoms. The van der Waals surface area contributed by atoms with Crippen molar-refractivity contribution in [1.82, 2.24) is 20.2 Å². The van der Waals surface area contributed by atoms with Gasteiger partial charge in [0.25, 0.3) is 0 Å². The lowest BCUT2D eigenvalue weighted by Crippen LogP contribution is -2.01. The van der Waals surface area contributed by atoms with Gasteiger partial charge in [0.15, 0.2) is 11.5 Å². The van der Waals surface area contributed by atoms with Crippen LogP contribution in [0, 0.1) is 0 Å². The Morgan fingerprint density at radius 1 is 0.963 bits per heavy atom. The molecule has 4 aromatic rings. The number of nitrogens with zero attached hydrogens (tertiary/aromatic N) is 3. The van der Waals surface area contributed by atoms with Crippen molar-refractivity contribution in [2.45, 2.75) is 0 Å². The van der Waals surface area contributed by atoms with Gasteiger partial charge in [-0.25, -0.2) is 4.98 Å². The molecule has 136 valence electrons. The molecule has 0 bridgehead atoms. The number of aromatic nitrogens is 4. The summed E-state index contributed by atoms with van der Waals surface area (Å²) in [5, 5.41) is 14.5. The number of anilines is 4. The van der Waals surface area contributed by atoms with Crippen LogP contribution in [-0.2, 0) is 0 Å². The van der Waals surface area contributed by atoms with Crippen LogP contribution >= 0.6 is 0 Å². The normalized spacial score (nSPS) is 10.6. The van der Waals surface area contributed by atoms with E-state index in [-0.39, 0.29) is 0 Å². The molecule has 0 saturated heterocycles. The topological polar surface area (TPSA) is 97.0 Å². The van der Waals surface area contributed by atoms with Gasteiger partial charge in [0.2, 0.25) is 5.95 Å². The molecule has 27 heavy (non-hydrogen) atoms. The average molecular weight is 362 g/mol. The van der Waals surface area contributed by atoms with Crippen LogP contribution in [0.3, 0.4) is 0 Å². The standard InChI is InChI=1S/C19H18N6O2/c1-26-16-7-6-12(10-17(16)27-2)22-19-20-9-8-18(24-19)23-14-4-3-5-15-13(14)11-21-25-15/h3-11H,1-2H3,(H,21,25)(H2,20,22,23,24). The van der Waals surface area contributed by atoms with Gasteiger partial charge in [-0.3, -0.25) is 5.10 Å². The third-order valence-electron chi connectivity index (χ3n) is 4.04. The maximum atomic E-state index is 5.32. The maximum absolute atomic E-state index is 5.32. The van der Waals surface area contributed by atoms with Crippen molar-refractivity contribution in [1.29, 1.82) is 0 Å². The number of benzene rings is 2. The SMILES string of the molecule is COc1ccc(Nc2nccc(Nc3cccc4[nH]ncc34)n2)cc1OC. The van der Waals surface area contributed by atoms with Crippen LogP contribution in [0.2, 0.25) is 0 Å². The molecular formula is C19H18N6O2. The van der Waals surface area contributed by atoms with Gasteiger partial charge >= 0.3 is 0 Å². The summed E-state index contributed by atoms with van der Waals surface area (Å²) in [7, 11) is 3.20. The fraction of sp³-hybridized carbons (Fsp3) is 0.105. The molecule has 0 fully saturated rings. The van der Waals surface area contributed by atoms with Crippen molar-refractivity contribution in [2.75, 3.05) is 24.9 Å². The number of methoxy groups -OCH3 is 2. The molecule has 0 radical (unpaired) electrons. The number of ether oxygens (including phenoxy) is 2. The number of nitrogens with one attached hydrogen (secondary N) is 3. The number of H-pyrrole nitrogens is 1. The Kier molecular flexibility index (Phi) is 4.44. The molecule has 8 heteroatoms. The lowest BCUT2D eigenvalue weighted by molar-refractivity contribution is 0.355. The predicted octanol–water partition coefficient (Wildman–Crippen LogP) is 3.86. The molecule has 2 heterocycles. The Morgan fingerprint density at radius 2 is 1.85 bits per heavy atom. The lowest BCUT2D eigenvalue weighted by Gasteiger charge is -2.11. The van der Waals surface area contributed by atoms with E-state index in [1.807, 2.05) is 36.4 Å². The van der Waals surface area contributed by atoms with Crippen LogP contribution in [-0.4, -0.2) is 34.4 Å². The van der Waals surface area contributed by atoms with Gasteiger partial charge in [-0.1, -0.05) is 6.07 Å². The van der Waals surface area contributed by atoms with Crippen LogP contribution < -0.4 is 20.1 Å². The Bertz CT molecular complexity index is 1080. The van der Waals surface area contributed by atoms with Gasteiger partial charge in [-0.2, -0.15) is 10.1 Å². The van der Waals surface area contributed by atoms with Crippen LogP contribution in [0.25, 0.3) is 10.9 Å². The molecule has 0 unspecified atom stereocenters. The summed E-state index contributed by atoms with van der Waals surface area (Å²) in [4.78, 5) is 8.79. The fourth-order valence-corrected chi connectivity index (χ4v) is 2.75. The monoisotopic (exact) mass is 362 g/mol. The zero-order valence-corrected chi connectivity index (χ0v) is 14.9. The molecular weight excluding hydrogens is 344 g/mol. The first-order valence-corrected chi connectivity index (χ1v) is 8.28. The fourth-order valence-electron chi connectivity index (χ4n) is 2.75. The van der Waals surface area contributed by atoms with E-state index in [0.717, 1.165) is 22.3 Å². The Labute approximate surface area is 155 Å². The van der Waals surface area contributed by atoms with Crippen LogP contribution in [0.15, 0.2) is 54.9 Å². The molecule has 4 rings (SSSR count). The zero-order chi connectivity index (χ0) is 18.6. The minimum atomic E-state index is 0.464. The van der Waals surface area contributed by atoms with Crippen molar-refractivity contribution in [3.8, 4) is 11.5 Å². The summed E-state index contributed by atoms with van der Waals surface area (Å²) < 4.78 is 10.6. The van der Waals surface area contributed by atoms with Gasteiger partial charge in [0.1, 0.15) is 5.82 Å². The second kappa shape index (κ2) is 7.20. The molecule has 0 aliphatic rings. The maximum Gasteiger partial charge on any atom is 0.229 e. The minimum absolute atomic E-state index is 0.464. The smallest absolute Gasteiger partial charge is 0.229 e. The van der Waals surface area contributed by atoms with Gasteiger partial charge in [0, 0.05) is 23.3 Å². The van der Waals surface area contributed by atoms with Crippen LogP contribution in [0.4, 0.5) is 23.1 Å². The Hall–Kier alpha value is -3.81. The van der Waals surface area contributed by atoms with Gasteiger partial charge in [-0.15, -0.1) is 0 Å². The predicted molar refractivity (Wildman–Crippen MR) is 104 cm³/mol. The molecule has 0 atom stereocenters. The van der Waals surface area contributed by atoms with Crippen molar-refractivity contribution >= 4 is 34.0 Å². The van der Waals surface area contributed by atoms with Gasteiger partial charge < -0.3 is 20.1 Å². The molecule has 0 aliphatic carbocycles. The van der Waals surface area contributed by atoms with E-state index in [0.29, 0.717) is 23.3 Å². The highest BCUT2D eigenvalue weighted by molar-refractivity contribution is 5.92. The van der Waals surface area contributed by atoms with E-state index in [1.54, 1.807) is 32.7 Å². The van der Waals surface area contributed by atoms with Gasteiger partial charge in [0.05, 0.1) is 31.6 Å². The first-order chi connectivity index (χ1) is 13.3. The first-order valence-electron chi connectivity index (χ1n) is 8.28. The number of hydrogen-bond acceptors (Lipinski definition) is 7. The van der Waals surface area contributed by atoms with E-state index in [4.69, 9.17) is 9.47 Å². The van der Waals surface area contributed by atoms with Crippen molar-refractivity contribution < 1.29 is 9.47 Å². The molecule has 0 saturated carbocycles. The third-order valence-corrected chi connectivity index (χ3v) is 4.04. The molecule has 2 aromatic heterocycles. The summed E-state index contributed by atoms with van der Waals surface area (Å²) in [5.41, 5.74) is 2.66. The van der Waals surface area contributed by atoms with E-state index >= 15 is 0 Å². The third kappa shape index (κ3) is 3.45. The van der Waals surface area contributed by atoms with Crippen molar-refractivity contribution in [2.24, 2.45) is 0 Å². The molecule has 3 N–H and O–H groups in total. The Morgan fingerprint density at radius 3 is 2.70 bits per heavy atom. The minimum Gasteiger partial charge on any atom is -0.493 e. The molecule has 0 amide bonds. The van der Waals surface area contributed by atoms with Gasteiger partial charge in [-0.05, 0) is 30.3 Å². The van der Waals surface area contributed by atoms with E-state index in [9.17, 15) is 0 Å². The highest BCUT2D eigenvalue weighted by atomic mass is 16.5. The summed E-state index contributed by atoms with van der Waals surface area (Å²) >= 11 is 0. The molecule has 0 aliphatic heterocycles. The molecule has 8 nitrogen and oxygen atoms in total. The summed E-state index contributed by atoms with van der Waals surface area (Å²) in [5.74, 6) is 2.42. The van der Waals surface area contributed by atoms with Crippen LogP contribution in [0.1, 0.15) is 0 Å². The highest BCUT2D eigenvalue weighted by Crippen LogP contribution is 2.31. The number of hydrogen-bond donors (Lipinski definition) is 3. The quantitative estimate of drug-likeness (QED) is 0.479. The van der Waals surface area contributed by atoms with Crippen molar-refractivity contribution in [3.63, 3.8) is 0 Å². The first kappa shape index (κ1) is 16.6. The average Bonchev–Trinajstić information content (AvgIpc) is 3.18. The number of aromatic amines is 1. The number of rotatable bonds is 6. The zero-order valence-electron chi connectivity index (χ0n) is 14.9. The summed E-state index contributed by atoms with van der Waals surface area (Å²) in [6.07, 6.45) is 3.47. The second-order valence-corrected chi connectivity index (χ2v) is 5.72. The van der Waals surface area contributed by atoms with E-state index < -0.39 is 0 Å². The van der Waals surface area contributed by atoms with Crippen molar-refractivity contribution in [3.05, 3.63) is 54.9 Å². The number of fused-ring (bicyclic) bond motifs is 1. The summed E-state index contributed by atoms with van der Waals surface area (Å²) in [6, 6.07) is 13.2. The Balaban J connectivity index is 1.57. The largest absolute Gasteiger partial charge is 0.493 e.